The van der Waals surface area contributed by atoms with Crippen LogP contribution in [0, 0.1) is 0 Å². The van der Waals surface area contributed by atoms with Crippen LogP contribution < -0.4 is 0 Å². The number of pyridine rings is 1. The standard InChI is InChI=1S/C24H26N2O3/c1-4-12-26(13-5-2)23(27)20-15-18-9-7-11-21(22(18)25-16-20)17-8-6-10-19(14-17)24(28)29-3/h6-11,14-16H,4-5,12-13H2,1-3H3. The molecule has 0 aliphatic heterocycles. The summed E-state index contributed by atoms with van der Waals surface area (Å²) in [5, 5.41) is 0.893. The maximum atomic E-state index is 12.9. The summed E-state index contributed by atoms with van der Waals surface area (Å²) in [5.41, 5.74) is 3.67. The van der Waals surface area contributed by atoms with Crippen LogP contribution in [0.2, 0.25) is 0 Å². The molecule has 5 nitrogen and oxygen atoms in total. The summed E-state index contributed by atoms with van der Waals surface area (Å²) in [4.78, 5) is 31.3. The molecular weight excluding hydrogens is 364 g/mol. The van der Waals surface area contributed by atoms with E-state index in [2.05, 4.69) is 18.8 Å². The third-order valence-electron chi connectivity index (χ3n) is 4.83. The van der Waals surface area contributed by atoms with Crippen LogP contribution in [0.3, 0.4) is 0 Å². The lowest BCUT2D eigenvalue weighted by Gasteiger charge is -2.21. The van der Waals surface area contributed by atoms with Gasteiger partial charge in [0.2, 0.25) is 0 Å². The average Bonchev–Trinajstić information content (AvgIpc) is 2.77. The molecule has 0 unspecified atom stereocenters. The number of esters is 1. The van der Waals surface area contributed by atoms with E-state index in [1.807, 2.05) is 41.3 Å². The van der Waals surface area contributed by atoms with E-state index in [1.165, 1.54) is 7.11 Å². The van der Waals surface area contributed by atoms with Gasteiger partial charge in [-0.1, -0.05) is 44.2 Å². The topological polar surface area (TPSA) is 59.5 Å². The molecule has 0 spiro atoms. The fourth-order valence-electron chi connectivity index (χ4n) is 3.48. The first-order chi connectivity index (χ1) is 14.1. The summed E-state index contributed by atoms with van der Waals surface area (Å²) in [6, 6.07) is 15.0. The highest BCUT2D eigenvalue weighted by Crippen LogP contribution is 2.28. The van der Waals surface area contributed by atoms with Crippen LogP contribution in [0.4, 0.5) is 0 Å². The molecular formula is C24H26N2O3. The SMILES string of the molecule is CCCN(CCC)C(=O)c1cnc2c(-c3cccc(C(=O)OC)c3)cccc2c1. The van der Waals surface area contributed by atoms with Crippen molar-refractivity contribution >= 4 is 22.8 Å². The Balaban J connectivity index is 2.01. The molecule has 1 amide bonds. The van der Waals surface area contributed by atoms with Crippen LogP contribution in [0.5, 0.6) is 0 Å². The van der Waals surface area contributed by atoms with Crippen LogP contribution in [0.1, 0.15) is 47.4 Å². The van der Waals surface area contributed by atoms with E-state index in [0.717, 1.165) is 48.0 Å². The molecule has 0 saturated carbocycles. The van der Waals surface area contributed by atoms with E-state index >= 15 is 0 Å². The molecule has 29 heavy (non-hydrogen) atoms. The molecule has 0 atom stereocenters. The van der Waals surface area contributed by atoms with Gasteiger partial charge in [0.25, 0.3) is 5.91 Å². The third-order valence-corrected chi connectivity index (χ3v) is 4.83. The van der Waals surface area contributed by atoms with Crippen molar-refractivity contribution in [3.05, 3.63) is 65.9 Å². The number of hydrogen-bond acceptors (Lipinski definition) is 4. The van der Waals surface area contributed by atoms with Crippen molar-refractivity contribution in [2.75, 3.05) is 20.2 Å². The maximum absolute atomic E-state index is 12.9. The van der Waals surface area contributed by atoms with Crippen LogP contribution in [0.25, 0.3) is 22.0 Å². The molecule has 2 aromatic carbocycles. The van der Waals surface area contributed by atoms with Crippen molar-refractivity contribution in [1.82, 2.24) is 9.88 Å². The van der Waals surface area contributed by atoms with Crippen molar-refractivity contribution in [1.29, 1.82) is 0 Å². The van der Waals surface area contributed by atoms with Gasteiger partial charge in [-0.3, -0.25) is 9.78 Å². The van der Waals surface area contributed by atoms with Gasteiger partial charge in [-0.25, -0.2) is 4.79 Å². The first-order valence-electron chi connectivity index (χ1n) is 9.95. The number of benzene rings is 2. The van der Waals surface area contributed by atoms with Crippen LogP contribution in [0.15, 0.2) is 54.7 Å². The monoisotopic (exact) mass is 390 g/mol. The lowest BCUT2D eigenvalue weighted by molar-refractivity contribution is 0.0600. The summed E-state index contributed by atoms with van der Waals surface area (Å²) < 4.78 is 4.82. The number of fused-ring (bicyclic) bond motifs is 1. The maximum Gasteiger partial charge on any atom is 0.337 e. The Morgan fingerprint density at radius 2 is 1.69 bits per heavy atom. The predicted molar refractivity (Wildman–Crippen MR) is 115 cm³/mol. The van der Waals surface area contributed by atoms with E-state index in [9.17, 15) is 9.59 Å². The summed E-state index contributed by atoms with van der Waals surface area (Å²) in [6.07, 6.45) is 3.50. The van der Waals surface area contributed by atoms with E-state index in [4.69, 9.17) is 4.74 Å². The molecule has 0 aliphatic rings. The molecule has 0 aliphatic carbocycles. The van der Waals surface area contributed by atoms with Crippen molar-refractivity contribution in [2.24, 2.45) is 0 Å². The number of para-hydroxylation sites is 1. The van der Waals surface area contributed by atoms with Gasteiger partial charge >= 0.3 is 5.97 Å². The molecule has 5 heteroatoms. The molecule has 0 radical (unpaired) electrons. The first-order valence-corrected chi connectivity index (χ1v) is 9.95. The van der Waals surface area contributed by atoms with E-state index in [0.29, 0.717) is 11.1 Å². The van der Waals surface area contributed by atoms with Gasteiger partial charge in [0.05, 0.1) is 23.8 Å². The highest BCUT2D eigenvalue weighted by atomic mass is 16.5. The minimum atomic E-state index is -0.375. The first kappa shape index (κ1) is 20.5. The van der Waals surface area contributed by atoms with Crippen LogP contribution in [-0.4, -0.2) is 42.0 Å². The molecule has 0 fully saturated rings. The van der Waals surface area contributed by atoms with Crippen molar-refractivity contribution in [3.8, 4) is 11.1 Å². The number of carbonyl (C=O) groups is 2. The second-order valence-electron chi connectivity index (χ2n) is 6.97. The van der Waals surface area contributed by atoms with Crippen LogP contribution in [-0.2, 0) is 4.74 Å². The van der Waals surface area contributed by atoms with Gasteiger partial charge in [-0.05, 0) is 36.6 Å². The zero-order valence-electron chi connectivity index (χ0n) is 17.1. The quantitative estimate of drug-likeness (QED) is 0.536. The zero-order valence-corrected chi connectivity index (χ0v) is 17.1. The molecule has 1 heterocycles. The number of nitrogens with zero attached hydrogens (tertiary/aromatic N) is 2. The van der Waals surface area contributed by atoms with E-state index in [-0.39, 0.29) is 11.9 Å². The minimum absolute atomic E-state index is 0.0150. The summed E-state index contributed by atoms with van der Waals surface area (Å²) in [7, 11) is 1.37. The van der Waals surface area contributed by atoms with Crippen molar-refractivity contribution in [3.63, 3.8) is 0 Å². The summed E-state index contributed by atoms with van der Waals surface area (Å²) in [6.45, 7) is 5.63. The van der Waals surface area contributed by atoms with Gasteiger partial charge in [0.15, 0.2) is 0 Å². The fourth-order valence-corrected chi connectivity index (χ4v) is 3.48. The van der Waals surface area contributed by atoms with Gasteiger partial charge in [0, 0.05) is 30.2 Å². The van der Waals surface area contributed by atoms with Gasteiger partial charge in [-0.15, -0.1) is 0 Å². The van der Waals surface area contributed by atoms with Crippen molar-refractivity contribution < 1.29 is 14.3 Å². The van der Waals surface area contributed by atoms with E-state index in [1.54, 1.807) is 18.3 Å². The minimum Gasteiger partial charge on any atom is -0.465 e. The number of carbonyl (C=O) groups excluding carboxylic acids is 2. The third kappa shape index (κ3) is 4.45. The number of methoxy groups -OCH3 is 1. The Labute approximate surface area is 171 Å². The molecule has 0 saturated heterocycles. The molecule has 1 aromatic heterocycles. The molecule has 150 valence electrons. The largest absolute Gasteiger partial charge is 0.465 e. The van der Waals surface area contributed by atoms with Gasteiger partial charge < -0.3 is 9.64 Å². The Morgan fingerprint density at radius 1 is 0.966 bits per heavy atom. The number of aromatic nitrogens is 1. The number of ether oxygens (including phenoxy) is 1. The molecule has 3 aromatic rings. The second-order valence-corrected chi connectivity index (χ2v) is 6.97. The van der Waals surface area contributed by atoms with Gasteiger partial charge in [0.1, 0.15) is 0 Å². The Kier molecular flexibility index (Phi) is 6.60. The van der Waals surface area contributed by atoms with Crippen molar-refractivity contribution in [2.45, 2.75) is 26.7 Å². The summed E-state index contributed by atoms with van der Waals surface area (Å²) >= 11 is 0. The average molecular weight is 390 g/mol. The lowest BCUT2D eigenvalue weighted by atomic mass is 9.99. The highest BCUT2D eigenvalue weighted by molar-refractivity contribution is 6.01. The van der Waals surface area contributed by atoms with Crippen LogP contribution >= 0.6 is 0 Å². The van der Waals surface area contributed by atoms with E-state index < -0.39 is 0 Å². The Hall–Kier alpha value is -3.21. The van der Waals surface area contributed by atoms with Gasteiger partial charge in [-0.2, -0.15) is 0 Å². The molecule has 3 rings (SSSR count). The molecule has 0 bridgehead atoms. The second kappa shape index (κ2) is 9.32. The number of rotatable bonds is 7. The number of amides is 1. The molecule has 0 N–H and O–H groups in total. The Bertz CT molecular complexity index is 1020. The number of hydrogen-bond donors (Lipinski definition) is 0. The Morgan fingerprint density at radius 3 is 2.38 bits per heavy atom. The normalized spacial score (nSPS) is 10.7. The lowest BCUT2D eigenvalue weighted by Crippen LogP contribution is -2.32. The fraction of sp³-hybridized carbons (Fsp3) is 0.292. The highest BCUT2D eigenvalue weighted by Gasteiger charge is 2.16. The summed E-state index contributed by atoms with van der Waals surface area (Å²) in [5.74, 6) is -0.360. The zero-order chi connectivity index (χ0) is 20.8. The predicted octanol–water partition coefficient (Wildman–Crippen LogP) is 4.95. The smallest absolute Gasteiger partial charge is 0.337 e.